The van der Waals surface area contributed by atoms with E-state index in [1.165, 1.54) is 0 Å². The van der Waals surface area contributed by atoms with Crippen LogP contribution in [0.25, 0.3) is 0 Å². The lowest BCUT2D eigenvalue weighted by Gasteiger charge is -1.89. The zero-order valence-corrected chi connectivity index (χ0v) is 6.44. The van der Waals surface area contributed by atoms with Gasteiger partial charge in [-0.2, -0.15) is 0 Å². The Morgan fingerprint density at radius 2 is 2.38 bits per heavy atom. The molecule has 0 unspecified atom stereocenters. The van der Waals surface area contributed by atoms with E-state index in [0.29, 0.717) is 0 Å². The van der Waals surface area contributed by atoms with Crippen LogP contribution in [-0.2, 0) is 7.05 Å². The summed E-state index contributed by atoms with van der Waals surface area (Å²) in [6.07, 6.45) is 1.78. The molecule has 44 valence electrons. The van der Waals surface area contributed by atoms with Gasteiger partial charge in [0.25, 0.3) is 0 Å². The summed E-state index contributed by atoms with van der Waals surface area (Å²) < 4.78 is 2.89. The molecule has 2 nitrogen and oxygen atoms in total. The molecule has 0 spiro atoms. The van der Waals surface area contributed by atoms with Crippen LogP contribution in [0.5, 0.6) is 0 Å². The fourth-order valence-electron chi connectivity index (χ4n) is 0.463. The van der Waals surface area contributed by atoms with Crippen LogP contribution in [0.2, 0.25) is 0 Å². The van der Waals surface area contributed by atoms with Crippen molar-refractivity contribution < 1.29 is 0 Å². The standard InChI is InChI=1S/C5H7BrN2/c1-4-5(6)7-3-8(4)2/h3H,1-2H3. The van der Waals surface area contributed by atoms with Gasteiger partial charge in [0, 0.05) is 12.7 Å². The average Bonchev–Trinajstić information content (AvgIpc) is 1.98. The van der Waals surface area contributed by atoms with E-state index in [4.69, 9.17) is 0 Å². The lowest BCUT2D eigenvalue weighted by atomic mass is 10.5. The minimum atomic E-state index is 0.931. The van der Waals surface area contributed by atoms with Crippen LogP contribution in [0.1, 0.15) is 5.69 Å². The maximum absolute atomic E-state index is 4.00. The van der Waals surface area contributed by atoms with Gasteiger partial charge in [0.15, 0.2) is 0 Å². The molecule has 0 fully saturated rings. The van der Waals surface area contributed by atoms with Gasteiger partial charge in [-0.1, -0.05) is 0 Å². The summed E-state index contributed by atoms with van der Waals surface area (Å²) >= 11 is 3.28. The molecule has 8 heavy (non-hydrogen) atoms. The minimum Gasteiger partial charge on any atom is -0.337 e. The van der Waals surface area contributed by atoms with Crippen molar-refractivity contribution in [1.82, 2.24) is 9.55 Å². The number of halogens is 1. The number of hydrogen-bond acceptors (Lipinski definition) is 1. The predicted octanol–water partition coefficient (Wildman–Crippen LogP) is 1.49. The lowest BCUT2D eigenvalue weighted by Crippen LogP contribution is -1.86. The number of nitrogens with zero attached hydrogens (tertiary/aromatic N) is 2. The van der Waals surface area contributed by atoms with Crippen LogP contribution >= 0.6 is 15.9 Å². The van der Waals surface area contributed by atoms with Gasteiger partial charge in [-0.15, -0.1) is 0 Å². The fourth-order valence-corrected chi connectivity index (χ4v) is 0.834. The third-order valence-corrected chi connectivity index (χ3v) is 1.95. The Morgan fingerprint density at radius 1 is 1.75 bits per heavy atom. The molecule has 0 radical (unpaired) electrons. The molecule has 0 N–H and O–H groups in total. The maximum atomic E-state index is 4.00. The molecule has 1 aromatic rings. The molecule has 0 amide bonds. The Hall–Kier alpha value is -0.310. The first-order chi connectivity index (χ1) is 3.72. The van der Waals surface area contributed by atoms with Gasteiger partial charge < -0.3 is 4.57 Å². The second kappa shape index (κ2) is 1.90. The van der Waals surface area contributed by atoms with Gasteiger partial charge in [0.1, 0.15) is 4.60 Å². The van der Waals surface area contributed by atoms with Crippen LogP contribution in [-0.4, -0.2) is 9.55 Å². The van der Waals surface area contributed by atoms with Crippen molar-refractivity contribution >= 4 is 15.9 Å². The predicted molar refractivity (Wildman–Crippen MR) is 35.6 cm³/mol. The summed E-state index contributed by atoms with van der Waals surface area (Å²) in [4.78, 5) is 4.00. The molecule has 0 aliphatic heterocycles. The van der Waals surface area contributed by atoms with Gasteiger partial charge in [0.2, 0.25) is 0 Å². The van der Waals surface area contributed by atoms with Gasteiger partial charge in [-0.25, -0.2) is 4.98 Å². The van der Waals surface area contributed by atoms with Gasteiger partial charge >= 0.3 is 0 Å². The lowest BCUT2D eigenvalue weighted by molar-refractivity contribution is 0.872. The monoisotopic (exact) mass is 174 g/mol. The minimum absolute atomic E-state index is 0.931. The molecule has 0 saturated carbocycles. The van der Waals surface area contributed by atoms with Gasteiger partial charge in [-0.3, -0.25) is 0 Å². The van der Waals surface area contributed by atoms with E-state index in [0.717, 1.165) is 10.3 Å². The van der Waals surface area contributed by atoms with Crippen LogP contribution in [0.15, 0.2) is 10.9 Å². The second-order valence-electron chi connectivity index (χ2n) is 1.73. The topological polar surface area (TPSA) is 17.8 Å². The number of imidazole rings is 1. The molecule has 0 atom stereocenters. The number of rotatable bonds is 0. The highest BCUT2D eigenvalue weighted by atomic mass is 79.9. The van der Waals surface area contributed by atoms with E-state index in [-0.39, 0.29) is 0 Å². The molecule has 1 heterocycles. The summed E-state index contributed by atoms with van der Waals surface area (Å²) in [7, 11) is 1.97. The fraction of sp³-hybridized carbons (Fsp3) is 0.400. The van der Waals surface area contributed by atoms with Crippen molar-refractivity contribution in [2.24, 2.45) is 7.05 Å². The van der Waals surface area contributed by atoms with E-state index in [1.54, 1.807) is 6.33 Å². The van der Waals surface area contributed by atoms with E-state index < -0.39 is 0 Å². The highest BCUT2D eigenvalue weighted by molar-refractivity contribution is 9.10. The van der Waals surface area contributed by atoms with Crippen LogP contribution in [0.4, 0.5) is 0 Å². The van der Waals surface area contributed by atoms with Crippen molar-refractivity contribution in [2.75, 3.05) is 0 Å². The van der Waals surface area contributed by atoms with Crippen LogP contribution < -0.4 is 0 Å². The summed E-state index contributed by atoms with van der Waals surface area (Å²) in [6, 6.07) is 0. The van der Waals surface area contributed by atoms with Crippen molar-refractivity contribution in [3.8, 4) is 0 Å². The number of aromatic nitrogens is 2. The number of hydrogen-bond donors (Lipinski definition) is 0. The van der Waals surface area contributed by atoms with Gasteiger partial charge in [0.05, 0.1) is 6.33 Å². The molecule has 0 aliphatic carbocycles. The SMILES string of the molecule is Cc1c(Br)ncn1C. The third kappa shape index (κ3) is 0.777. The molecule has 0 aliphatic rings. The Morgan fingerprint density at radius 3 is 2.50 bits per heavy atom. The molecule has 3 heteroatoms. The zero-order chi connectivity index (χ0) is 6.15. The first-order valence-electron chi connectivity index (χ1n) is 2.35. The quantitative estimate of drug-likeness (QED) is 0.584. The zero-order valence-electron chi connectivity index (χ0n) is 4.85. The normalized spacial score (nSPS) is 9.88. The van der Waals surface area contributed by atoms with E-state index >= 15 is 0 Å². The molecular formula is C5H7BrN2. The summed E-state index contributed by atoms with van der Waals surface area (Å²) in [5.41, 5.74) is 1.16. The van der Waals surface area contributed by atoms with Gasteiger partial charge in [-0.05, 0) is 22.9 Å². The molecule has 0 bridgehead atoms. The largest absolute Gasteiger partial charge is 0.337 e. The van der Waals surface area contributed by atoms with Crippen molar-refractivity contribution in [2.45, 2.75) is 6.92 Å². The Balaban J connectivity index is 3.19. The average molecular weight is 175 g/mol. The Labute approximate surface area is 56.7 Å². The summed E-state index contributed by atoms with van der Waals surface area (Å²) in [5.74, 6) is 0. The molecular weight excluding hydrogens is 168 g/mol. The highest BCUT2D eigenvalue weighted by Gasteiger charge is 1.95. The smallest absolute Gasteiger partial charge is 0.126 e. The first-order valence-corrected chi connectivity index (χ1v) is 3.14. The van der Waals surface area contributed by atoms with Crippen molar-refractivity contribution in [3.63, 3.8) is 0 Å². The van der Waals surface area contributed by atoms with Crippen molar-refractivity contribution in [1.29, 1.82) is 0 Å². The highest BCUT2D eigenvalue weighted by Crippen LogP contribution is 2.10. The summed E-state index contributed by atoms with van der Waals surface area (Å²) in [6.45, 7) is 2.01. The Bertz CT molecular complexity index is 173. The van der Waals surface area contributed by atoms with E-state index in [1.807, 2.05) is 18.5 Å². The van der Waals surface area contributed by atoms with Crippen LogP contribution in [0.3, 0.4) is 0 Å². The molecule has 1 rings (SSSR count). The Kier molecular flexibility index (Phi) is 1.38. The second-order valence-corrected chi connectivity index (χ2v) is 2.48. The first kappa shape index (κ1) is 5.82. The van der Waals surface area contributed by atoms with E-state index in [9.17, 15) is 0 Å². The summed E-state index contributed by atoms with van der Waals surface area (Å²) in [5, 5.41) is 0. The number of aryl methyl sites for hydroxylation is 1. The molecule has 1 aromatic heterocycles. The molecule has 0 aromatic carbocycles. The maximum Gasteiger partial charge on any atom is 0.126 e. The third-order valence-electron chi connectivity index (χ3n) is 1.17. The molecule has 0 saturated heterocycles. The van der Waals surface area contributed by atoms with Crippen LogP contribution in [0, 0.1) is 6.92 Å². The van der Waals surface area contributed by atoms with Crippen molar-refractivity contribution in [3.05, 3.63) is 16.6 Å². The van der Waals surface area contributed by atoms with E-state index in [2.05, 4.69) is 20.9 Å².